The summed E-state index contributed by atoms with van der Waals surface area (Å²) >= 11 is 0. The van der Waals surface area contributed by atoms with E-state index in [-0.39, 0.29) is 23.0 Å². The molecule has 0 aliphatic heterocycles. The summed E-state index contributed by atoms with van der Waals surface area (Å²) < 4.78 is 44.0. The number of halogens is 1. The molecular formula is C13H14FNO4S. The molecule has 0 radical (unpaired) electrons. The summed E-state index contributed by atoms with van der Waals surface area (Å²) in [6.45, 7) is 1.13. The minimum absolute atomic E-state index is 0.0200. The Hall–Kier alpha value is -1.86. The second kappa shape index (κ2) is 5.26. The lowest BCUT2D eigenvalue weighted by molar-refractivity contribution is 0.244. The number of aliphatic hydroxyl groups excluding tert-OH is 1. The van der Waals surface area contributed by atoms with Gasteiger partial charge in [-0.1, -0.05) is 0 Å². The topological polar surface area (TPSA) is 70.8 Å². The molecule has 2 rings (SSSR count). The van der Waals surface area contributed by atoms with Crippen LogP contribution in [0.3, 0.4) is 0 Å². The van der Waals surface area contributed by atoms with Gasteiger partial charge in [0.05, 0.1) is 5.69 Å². The van der Waals surface area contributed by atoms with Crippen molar-refractivity contribution in [3.8, 4) is 0 Å². The van der Waals surface area contributed by atoms with Gasteiger partial charge in [0.25, 0.3) is 10.0 Å². The summed E-state index contributed by atoms with van der Waals surface area (Å²) in [7, 11) is -2.45. The van der Waals surface area contributed by atoms with Crippen LogP contribution in [0.15, 0.2) is 39.6 Å². The van der Waals surface area contributed by atoms with E-state index in [2.05, 4.69) is 0 Å². The van der Waals surface area contributed by atoms with Gasteiger partial charge in [0, 0.05) is 13.1 Å². The molecule has 0 spiro atoms. The third-order valence-electron chi connectivity index (χ3n) is 2.91. The second-order valence-electron chi connectivity index (χ2n) is 4.24. The smallest absolute Gasteiger partial charge is 0.267 e. The predicted molar refractivity (Wildman–Crippen MR) is 71.4 cm³/mol. The Morgan fingerprint density at radius 2 is 1.90 bits per heavy atom. The van der Waals surface area contributed by atoms with Gasteiger partial charge in [0.15, 0.2) is 0 Å². The summed E-state index contributed by atoms with van der Waals surface area (Å²) in [5, 5.41) is 8.98. The molecule has 5 nitrogen and oxygen atoms in total. The van der Waals surface area contributed by atoms with Gasteiger partial charge in [-0.2, -0.15) is 0 Å². The number of anilines is 1. The highest BCUT2D eigenvalue weighted by Gasteiger charge is 2.26. The van der Waals surface area contributed by atoms with Crippen LogP contribution < -0.4 is 4.31 Å². The van der Waals surface area contributed by atoms with E-state index in [1.165, 1.54) is 44.3 Å². The van der Waals surface area contributed by atoms with E-state index in [4.69, 9.17) is 9.52 Å². The standard InChI is InChI=1S/C13H14FNO4S/c1-9-13(7-12(8-16)19-9)20(17,18)15(2)11-5-3-10(14)4-6-11/h3-7,16H,8H2,1-2H3. The van der Waals surface area contributed by atoms with Crippen molar-refractivity contribution < 1.29 is 22.3 Å². The molecule has 0 saturated carbocycles. The van der Waals surface area contributed by atoms with Gasteiger partial charge in [-0.15, -0.1) is 0 Å². The van der Waals surface area contributed by atoms with E-state index in [1.807, 2.05) is 0 Å². The third-order valence-corrected chi connectivity index (χ3v) is 4.80. The van der Waals surface area contributed by atoms with E-state index in [0.717, 1.165) is 4.31 Å². The SMILES string of the molecule is Cc1oc(CO)cc1S(=O)(=O)N(C)c1ccc(F)cc1. The highest BCUT2D eigenvalue weighted by Crippen LogP contribution is 2.26. The monoisotopic (exact) mass is 299 g/mol. The van der Waals surface area contributed by atoms with Crippen molar-refractivity contribution in [3.63, 3.8) is 0 Å². The number of sulfonamides is 1. The Labute approximate surface area is 116 Å². The van der Waals surface area contributed by atoms with E-state index in [0.29, 0.717) is 5.69 Å². The third kappa shape index (κ3) is 2.54. The molecular weight excluding hydrogens is 285 g/mol. The number of furan rings is 1. The maximum atomic E-state index is 12.9. The summed E-state index contributed by atoms with van der Waals surface area (Å²) in [4.78, 5) is -0.0200. The number of benzene rings is 1. The fourth-order valence-corrected chi connectivity index (χ4v) is 3.18. The summed E-state index contributed by atoms with van der Waals surface area (Å²) in [6.07, 6.45) is 0. The van der Waals surface area contributed by atoms with Crippen molar-refractivity contribution in [2.45, 2.75) is 18.4 Å². The molecule has 0 aliphatic rings. The number of nitrogens with zero attached hydrogens (tertiary/aromatic N) is 1. The zero-order chi connectivity index (χ0) is 14.9. The normalized spacial score (nSPS) is 11.6. The number of hydrogen-bond acceptors (Lipinski definition) is 4. The van der Waals surface area contributed by atoms with Crippen molar-refractivity contribution in [3.05, 3.63) is 47.7 Å². The first kappa shape index (κ1) is 14.5. The minimum Gasteiger partial charge on any atom is -0.462 e. The van der Waals surface area contributed by atoms with Crippen molar-refractivity contribution in [2.24, 2.45) is 0 Å². The van der Waals surface area contributed by atoms with Crippen LogP contribution in [0.4, 0.5) is 10.1 Å². The van der Waals surface area contributed by atoms with Crippen molar-refractivity contribution in [1.82, 2.24) is 0 Å². The molecule has 1 N–H and O–H groups in total. The average Bonchev–Trinajstić information content (AvgIpc) is 2.81. The lowest BCUT2D eigenvalue weighted by atomic mass is 10.3. The quantitative estimate of drug-likeness (QED) is 0.938. The predicted octanol–water partition coefficient (Wildman–Crippen LogP) is 2.04. The summed E-state index contributed by atoms with van der Waals surface area (Å²) in [5.74, 6) is -0.0711. The maximum absolute atomic E-state index is 12.9. The zero-order valence-electron chi connectivity index (χ0n) is 11.0. The average molecular weight is 299 g/mol. The molecule has 0 saturated heterocycles. The molecule has 1 aromatic heterocycles. The first-order valence-electron chi connectivity index (χ1n) is 5.81. The first-order valence-corrected chi connectivity index (χ1v) is 7.25. The van der Waals surface area contributed by atoms with Crippen molar-refractivity contribution >= 4 is 15.7 Å². The van der Waals surface area contributed by atoms with Gasteiger partial charge in [-0.3, -0.25) is 4.31 Å². The molecule has 2 aromatic rings. The fraction of sp³-hybridized carbons (Fsp3) is 0.231. The van der Waals surface area contributed by atoms with Gasteiger partial charge >= 0.3 is 0 Å². The van der Waals surface area contributed by atoms with E-state index < -0.39 is 15.8 Å². The van der Waals surface area contributed by atoms with Crippen LogP contribution in [0.2, 0.25) is 0 Å². The Morgan fingerprint density at radius 3 is 2.40 bits per heavy atom. The summed E-state index contributed by atoms with van der Waals surface area (Å²) in [5.41, 5.74) is 0.331. The number of aliphatic hydroxyl groups is 1. The Morgan fingerprint density at radius 1 is 1.30 bits per heavy atom. The van der Waals surface area contributed by atoms with E-state index >= 15 is 0 Å². The molecule has 0 bridgehead atoms. The van der Waals surface area contributed by atoms with Gasteiger partial charge in [-0.25, -0.2) is 12.8 Å². The van der Waals surface area contributed by atoms with Gasteiger partial charge in [0.2, 0.25) is 0 Å². The molecule has 0 unspecified atom stereocenters. The number of aryl methyl sites for hydroxylation is 1. The molecule has 7 heteroatoms. The summed E-state index contributed by atoms with van der Waals surface area (Å²) in [6, 6.07) is 6.39. The Bertz CT molecular complexity index is 706. The zero-order valence-corrected chi connectivity index (χ0v) is 11.8. The van der Waals surface area contributed by atoms with Crippen molar-refractivity contribution in [1.29, 1.82) is 0 Å². The fourth-order valence-electron chi connectivity index (χ4n) is 1.80. The van der Waals surface area contributed by atoms with E-state index in [9.17, 15) is 12.8 Å². The molecule has 0 atom stereocenters. The van der Waals surface area contributed by atoms with Gasteiger partial charge < -0.3 is 9.52 Å². The molecule has 1 aromatic carbocycles. The highest BCUT2D eigenvalue weighted by atomic mass is 32.2. The van der Waals surface area contributed by atoms with Crippen LogP contribution in [0.1, 0.15) is 11.5 Å². The highest BCUT2D eigenvalue weighted by molar-refractivity contribution is 7.92. The van der Waals surface area contributed by atoms with Crippen LogP contribution in [0, 0.1) is 12.7 Å². The van der Waals surface area contributed by atoms with Crippen LogP contribution in [0.25, 0.3) is 0 Å². The first-order chi connectivity index (χ1) is 9.36. The van der Waals surface area contributed by atoms with Crippen LogP contribution in [-0.2, 0) is 16.6 Å². The molecule has 0 fully saturated rings. The molecule has 108 valence electrons. The maximum Gasteiger partial charge on any atom is 0.267 e. The van der Waals surface area contributed by atoms with Crippen LogP contribution in [0.5, 0.6) is 0 Å². The van der Waals surface area contributed by atoms with Crippen LogP contribution in [-0.4, -0.2) is 20.6 Å². The number of hydrogen-bond donors (Lipinski definition) is 1. The molecule has 20 heavy (non-hydrogen) atoms. The van der Waals surface area contributed by atoms with Crippen LogP contribution >= 0.6 is 0 Å². The van der Waals surface area contributed by atoms with Gasteiger partial charge in [-0.05, 0) is 31.2 Å². The largest absolute Gasteiger partial charge is 0.462 e. The molecule has 1 heterocycles. The second-order valence-corrected chi connectivity index (χ2v) is 6.18. The minimum atomic E-state index is -3.82. The Balaban J connectivity index is 2.43. The van der Waals surface area contributed by atoms with Crippen molar-refractivity contribution in [2.75, 3.05) is 11.4 Å². The Kier molecular flexibility index (Phi) is 3.82. The molecule has 0 aliphatic carbocycles. The lowest BCUT2D eigenvalue weighted by Gasteiger charge is -2.18. The molecule has 0 amide bonds. The van der Waals surface area contributed by atoms with E-state index in [1.54, 1.807) is 0 Å². The number of rotatable bonds is 4. The lowest BCUT2D eigenvalue weighted by Crippen LogP contribution is -2.26. The van der Waals surface area contributed by atoms with Gasteiger partial charge in [0.1, 0.15) is 28.8 Å².